The largest absolute Gasteiger partial charge is 0.460 e. The first-order valence-electron chi connectivity index (χ1n) is 8.84. The second-order valence-corrected chi connectivity index (χ2v) is 10.2. The summed E-state index contributed by atoms with van der Waals surface area (Å²) in [6.45, 7) is -3.22. The SMILES string of the molecule is C[N+]1(C)CCN(S(=O)(=O)C(F)(F)C(F)(F)C(F)(F)C(F)(F)C(F)(F)C(F)(F)C(F)(F)C(F)(F)F)CC1. The number of nitrogens with zero attached hydrogens (tertiary/aromatic N) is 2. The monoisotopic (exact) mass is 597 g/mol. The van der Waals surface area contributed by atoms with E-state index in [2.05, 4.69) is 0 Å². The van der Waals surface area contributed by atoms with Crippen LogP contribution < -0.4 is 0 Å². The molecule has 0 aromatic carbocycles. The van der Waals surface area contributed by atoms with Gasteiger partial charge in [0.05, 0.1) is 40.3 Å². The molecule has 1 aliphatic rings. The Kier molecular flexibility index (Phi) is 7.58. The van der Waals surface area contributed by atoms with E-state index in [0.717, 1.165) is 0 Å². The lowest BCUT2D eigenvalue weighted by molar-refractivity contribution is -0.893. The van der Waals surface area contributed by atoms with Crippen LogP contribution in [-0.4, -0.2) is 104 Å². The number of hydrogen-bond acceptors (Lipinski definition) is 2. The Morgan fingerprint density at radius 3 is 1.11 bits per heavy atom. The van der Waals surface area contributed by atoms with Crippen molar-refractivity contribution in [3.05, 3.63) is 0 Å². The molecular weight excluding hydrogens is 583 g/mol. The van der Waals surface area contributed by atoms with Gasteiger partial charge < -0.3 is 4.48 Å². The van der Waals surface area contributed by atoms with E-state index in [4.69, 9.17) is 0 Å². The molecule has 0 aliphatic carbocycles. The molecular formula is C14H14F17N2O2S+. The number of hydrogen-bond donors (Lipinski definition) is 0. The molecule has 0 aromatic heterocycles. The van der Waals surface area contributed by atoms with Gasteiger partial charge in [0.25, 0.3) is 10.0 Å². The zero-order valence-corrected chi connectivity index (χ0v) is 18.2. The second-order valence-electron chi connectivity index (χ2n) is 8.25. The summed E-state index contributed by atoms with van der Waals surface area (Å²) in [5.74, 6) is -51.5. The van der Waals surface area contributed by atoms with E-state index in [1.807, 2.05) is 0 Å². The Hall–Kier alpha value is -1.32. The van der Waals surface area contributed by atoms with E-state index < -0.39 is 87.5 Å². The van der Waals surface area contributed by atoms with E-state index in [9.17, 15) is 83.1 Å². The molecule has 22 heteroatoms. The zero-order valence-electron chi connectivity index (χ0n) is 17.4. The lowest BCUT2D eigenvalue weighted by Gasteiger charge is -2.44. The van der Waals surface area contributed by atoms with Crippen molar-refractivity contribution in [3.8, 4) is 0 Å². The summed E-state index contributed by atoms with van der Waals surface area (Å²) in [5, 5.41) is -7.49. The highest BCUT2D eigenvalue weighted by Gasteiger charge is 2.96. The molecule has 216 valence electrons. The fraction of sp³-hybridized carbons (Fsp3) is 1.00. The van der Waals surface area contributed by atoms with Gasteiger partial charge in [-0.3, -0.25) is 0 Å². The molecule has 0 bridgehead atoms. The number of rotatable bonds is 8. The number of quaternary nitrogens is 1. The van der Waals surface area contributed by atoms with Crippen LogP contribution in [-0.2, 0) is 10.0 Å². The minimum atomic E-state index is -8.82. The van der Waals surface area contributed by atoms with Crippen LogP contribution in [0.4, 0.5) is 74.6 Å². The maximum absolute atomic E-state index is 14.1. The maximum Gasteiger partial charge on any atom is 0.460 e. The highest BCUT2D eigenvalue weighted by Crippen LogP contribution is 2.64. The minimum Gasteiger partial charge on any atom is -0.326 e. The van der Waals surface area contributed by atoms with Crippen molar-refractivity contribution in [2.75, 3.05) is 40.3 Å². The summed E-state index contributed by atoms with van der Waals surface area (Å²) in [5.41, 5.74) is 0. The van der Waals surface area contributed by atoms with Crippen LogP contribution in [0.1, 0.15) is 0 Å². The molecule has 0 radical (unpaired) electrons. The molecule has 4 nitrogen and oxygen atoms in total. The molecule has 1 heterocycles. The maximum atomic E-state index is 14.1. The average molecular weight is 597 g/mol. The van der Waals surface area contributed by atoms with Gasteiger partial charge in [-0.25, -0.2) is 8.42 Å². The Labute approximate surface area is 190 Å². The van der Waals surface area contributed by atoms with Gasteiger partial charge in [0.1, 0.15) is 0 Å². The van der Waals surface area contributed by atoms with Gasteiger partial charge in [-0.15, -0.1) is 0 Å². The second kappa shape index (κ2) is 8.34. The Morgan fingerprint density at radius 2 is 0.806 bits per heavy atom. The molecule has 0 saturated carbocycles. The number of sulfonamides is 1. The highest BCUT2D eigenvalue weighted by atomic mass is 32.2. The molecule has 1 fully saturated rings. The van der Waals surface area contributed by atoms with Gasteiger partial charge in [-0.2, -0.15) is 78.9 Å². The van der Waals surface area contributed by atoms with Crippen molar-refractivity contribution < 1.29 is 87.5 Å². The van der Waals surface area contributed by atoms with Crippen molar-refractivity contribution in [2.24, 2.45) is 0 Å². The topological polar surface area (TPSA) is 37.4 Å². The van der Waals surface area contributed by atoms with Crippen molar-refractivity contribution in [1.29, 1.82) is 0 Å². The van der Waals surface area contributed by atoms with Crippen LogP contribution in [0, 0.1) is 0 Å². The van der Waals surface area contributed by atoms with Crippen LogP contribution >= 0.6 is 0 Å². The summed E-state index contributed by atoms with van der Waals surface area (Å²) in [6, 6.07) is 0. The van der Waals surface area contributed by atoms with Crippen LogP contribution in [0.15, 0.2) is 0 Å². The van der Waals surface area contributed by atoms with Gasteiger partial charge in [0.2, 0.25) is 0 Å². The van der Waals surface area contributed by atoms with Crippen LogP contribution in [0.3, 0.4) is 0 Å². The van der Waals surface area contributed by atoms with Crippen molar-refractivity contribution in [1.82, 2.24) is 4.31 Å². The molecule has 1 saturated heterocycles. The van der Waals surface area contributed by atoms with Crippen molar-refractivity contribution >= 4 is 10.0 Å². The smallest absolute Gasteiger partial charge is 0.326 e. The third kappa shape index (κ3) is 4.17. The lowest BCUT2D eigenvalue weighted by atomic mass is 9.91. The molecule has 0 atom stereocenters. The van der Waals surface area contributed by atoms with Gasteiger partial charge in [0, 0.05) is 0 Å². The van der Waals surface area contributed by atoms with Crippen molar-refractivity contribution in [2.45, 2.75) is 47.0 Å². The first-order chi connectivity index (χ1) is 15.3. The van der Waals surface area contributed by atoms with E-state index >= 15 is 0 Å². The molecule has 1 rings (SSSR count). The van der Waals surface area contributed by atoms with Crippen LogP contribution in [0.5, 0.6) is 0 Å². The Morgan fingerprint density at radius 1 is 0.528 bits per heavy atom. The number of piperazine rings is 1. The molecule has 0 aromatic rings. The number of halogens is 17. The van der Waals surface area contributed by atoms with E-state index in [0.29, 0.717) is 0 Å². The lowest BCUT2D eigenvalue weighted by Crippen LogP contribution is -2.75. The Bertz CT molecular complexity index is 932. The highest BCUT2D eigenvalue weighted by molar-refractivity contribution is 7.90. The summed E-state index contributed by atoms with van der Waals surface area (Å²) in [7, 11) is -4.50. The van der Waals surface area contributed by atoms with E-state index in [-0.39, 0.29) is 4.48 Å². The van der Waals surface area contributed by atoms with Crippen molar-refractivity contribution in [3.63, 3.8) is 0 Å². The average Bonchev–Trinajstić information content (AvgIpc) is 2.65. The van der Waals surface area contributed by atoms with Crippen LogP contribution in [0.25, 0.3) is 0 Å². The van der Waals surface area contributed by atoms with Gasteiger partial charge >= 0.3 is 47.0 Å². The first kappa shape index (κ1) is 32.7. The fourth-order valence-electron chi connectivity index (χ4n) is 2.70. The normalized spacial score (nSPS) is 20.5. The zero-order chi connectivity index (χ0) is 29.4. The summed E-state index contributed by atoms with van der Waals surface area (Å²) in [6.07, 6.45) is -7.86. The predicted molar refractivity (Wildman–Crippen MR) is 83.0 cm³/mol. The van der Waals surface area contributed by atoms with Gasteiger partial charge in [-0.1, -0.05) is 0 Å². The predicted octanol–water partition coefficient (Wildman–Crippen LogP) is 4.68. The quantitative estimate of drug-likeness (QED) is 0.302. The number of alkyl halides is 17. The number of likely N-dealkylation sites (N-methyl/N-ethyl adjacent to an activating group) is 1. The van der Waals surface area contributed by atoms with Gasteiger partial charge in [0.15, 0.2) is 0 Å². The first-order valence-corrected chi connectivity index (χ1v) is 10.3. The third-order valence-electron chi connectivity index (χ3n) is 5.27. The molecule has 0 N–H and O–H groups in total. The molecule has 0 unspecified atom stereocenters. The fourth-order valence-corrected chi connectivity index (χ4v) is 4.12. The standard InChI is InChI=1S/C14H14F17N2O2S/c1-33(2)5-3-32(4-6-33)36(34,35)14(30,31)12(25,26)10(21,22)8(17,18)7(15,16)9(19,20)11(23,24)13(27,28)29/h3-6H2,1-2H3/q+1. The molecule has 36 heavy (non-hydrogen) atoms. The third-order valence-corrected chi connectivity index (χ3v) is 7.22. The van der Waals surface area contributed by atoms with Gasteiger partial charge in [-0.05, 0) is 0 Å². The summed E-state index contributed by atoms with van der Waals surface area (Å²) >= 11 is 0. The van der Waals surface area contributed by atoms with E-state index in [1.165, 1.54) is 14.1 Å². The molecule has 1 aliphatic heterocycles. The minimum absolute atomic E-state index is 0.170. The molecule has 0 amide bonds. The summed E-state index contributed by atoms with van der Waals surface area (Å²) in [4.78, 5) is 0. The van der Waals surface area contributed by atoms with Crippen LogP contribution in [0.2, 0.25) is 0 Å². The van der Waals surface area contributed by atoms with E-state index in [1.54, 1.807) is 0 Å². The summed E-state index contributed by atoms with van der Waals surface area (Å²) < 4.78 is 249. The Balaban J connectivity index is 3.65. The molecule has 0 spiro atoms.